The fourth-order valence-corrected chi connectivity index (χ4v) is 1.93. The number of halogens is 1. The molecule has 5 nitrogen and oxygen atoms in total. The number of hydrogen-bond donors (Lipinski definition) is 2. The number of hydroxylamine groups is 2. The van der Waals surface area contributed by atoms with Crippen molar-refractivity contribution in [2.24, 2.45) is 4.99 Å². The van der Waals surface area contributed by atoms with Crippen LogP contribution in [0.25, 0.3) is 0 Å². The van der Waals surface area contributed by atoms with Crippen LogP contribution in [-0.4, -0.2) is 40.1 Å². The number of aliphatic hydroxyl groups excluding tert-OH is 1. The van der Waals surface area contributed by atoms with Crippen LogP contribution in [0.4, 0.5) is 0 Å². The lowest BCUT2D eigenvalue weighted by atomic mass is 10.0. The first-order valence-corrected chi connectivity index (χ1v) is 5.85. The van der Waals surface area contributed by atoms with Crippen molar-refractivity contribution in [1.82, 2.24) is 5.06 Å². The third-order valence-corrected chi connectivity index (χ3v) is 3.14. The van der Waals surface area contributed by atoms with Crippen LogP contribution in [0.2, 0.25) is 0 Å². The Labute approximate surface area is 106 Å². The van der Waals surface area contributed by atoms with Crippen molar-refractivity contribution in [2.75, 3.05) is 13.2 Å². The predicted octanol–water partition coefficient (Wildman–Crippen LogP) is 1.15. The third kappa shape index (κ3) is 2.38. The highest BCUT2D eigenvalue weighted by Crippen LogP contribution is 2.24. The molecule has 0 aliphatic carbocycles. The maximum Gasteiger partial charge on any atom is 0.294 e. The summed E-state index contributed by atoms with van der Waals surface area (Å²) in [6.07, 6.45) is 0. The molecule has 0 fully saturated rings. The van der Waals surface area contributed by atoms with Crippen LogP contribution in [-0.2, 0) is 4.79 Å². The summed E-state index contributed by atoms with van der Waals surface area (Å²) in [5.74, 6) is -0.647. The Morgan fingerprint density at radius 3 is 2.65 bits per heavy atom. The van der Waals surface area contributed by atoms with Crippen molar-refractivity contribution in [2.45, 2.75) is 6.04 Å². The monoisotopic (exact) mass is 298 g/mol. The summed E-state index contributed by atoms with van der Waals surface area (Å²) in [4.78, 5) is 15.5. The molecule has 1 unspecified atom stereocenters. The van der Waals surface area contributed by atoms with Crippen LogP contribution in [0, 0.1) is 0 Å². The zero-order valence-electron chi connectivity index (χ0n) is 8.88. The van der Waals surface area contributed by atoms with Gasteiger partial charge in [-0.3, -0.25) is 15.0 Å². The summed E-state index contributed by atoms with van der Waals surface area (Å²) in [7, 11) is 0. The lowest BCUT2D eigenvalue weighted by Gasteiger charge is -2.29. The van der Waals surface area contributed by atoms with Gasteiger partial charge in [0.2, 0.25) is 0 Å². The lowest BCUT2D eigenvalue weighted by molar-refractivity contribution is -0.169. The molecule has 2 rings (SSSR count). The number of carbonyl (C=O) groups is 1. The Hall–Kier alpha value is -1.24. The Morgan fingerprint density at radius 2 is 2.06 bits per heavy atom. The number of carbonyl (C=O) groups excluding carboxylic acids is 1. The van der Waals surface area contributed by atoms with Gasteiger partial charge in [-0.25, -0.2) is 5.06 Å². The molecule has 0 bridgehead atoms. The molecule has 1 aromatic rings. The highest BCUT2D eigenvalue weighted by Gasteiger charge is 2.30. The number of aliphatic hydroxyl groups is 1. The van der Waals surface area contributed by atoms with Crippen LogP contribution < -0.4 is 0 Å². The molecule has 0 radical (unpaired) electrons. The molecule has 0 spiro atoms. The summed E-state index contributed by atoms with van der Waals surface area (Å²) in [6, 6.07) is 6.79. The van der Waals surface area contributed by atoms with E-state index < -0.39 is 18.6 Å². The van der Waals surface area contributed by atoms with Crippen LogP contribution in [0.15, 0.2) is 33.7 Å². The maximum absolute atomic E-state index is 11.6. The largest absolute Gasteiger partial charge is 0.390 e. The second kappa shape index (κ2) is 4.95. The molecule has 1 aliphatic rings. The summed E-state index contributed by atoms with van der Waals surface area (Å²) >= 11 is 3.31. The molecule has 1 heterocycles. The van der Waals surface area contributed by atoms with Gasteiger partial charge in [0.1, 0.15) is 11.8 Å². The highest BCUT2D eigenvalue weighted by atomic mass is 79.9. The summed E-state index contributed by atoms with van der Waals surface area (Å²) < 4.78 is 0.924. The molecule has 0 saturated heterocycles. The normalized spacial score (nSPS) is 20.4. The number of amides is 1. The fraction of sp³-hybridized carbons (Fsp3) is 0.273. The highest BCUT2D eigenvalue weighted by molar-refractivity contribution is 9.10. The molecule has 1 amide bonds. The van der Waals surface area contributed by atoms with Crippen LogP contribution >= 0.6 is 15.9 Å². The first-order valence-electron chi connectivity index (χ1n) is 5.05. The van der Waals surface area contributed by atoms with Gasteiger partial charge in [-0.05, 0) is 17.7 Å². The van der Waals surface area contributed by atoms with E-state index in [9.17, 15) is 10.0 Å². The molecule has 1 aliphatic heterocycles. The van der Waals surface area contributed by atoms with E-state index in [1.807, 2.05) is 24.3 Å². The molecule has 1 aromatic carbocycles. The molecular formula is C11H11BrN2O3. The van der Waals surface area contributed by atoms with Gasteiger partial charge in [0.15, 0.2) is 0 Å². The Bertz CT molecular complexity index is 458. The zero-order valence-corrected chi connectivity index (χ0v) is 10.5. The summed E-state index contributed by atoms with van der Waals surface area (Å²) in [6.45, 7) is -0.206. The number of rotatable bonds is 2. The minimum Gasteiger partial charge on any atom is -0.390 e. The van der Waals surface area contributed by atoms with Crippen molar-refractivity contribution < 1.29 is 15.1 Å². The van der Waals surface area contributed by atoms with Crippen LogP contribution in [0.1, 0.15) is 11.6 Å². The Balaban J connectivity index is 2.27. The number of aliphatic imine (C=N–C) groups is 1. The van der Waals surface area contributed by atoms with E-state index in [1.54, 1.807) is 0 Å². The number of hydrogen-bond acceptors (Lipinski definition) is 4. The zero-order chi connectivity index (χ0) is 12.4. The average molecular weight is 299 g/mol. The van der Waals surface area contributed by atoms with Gasteiger partial charge < -0.3 is 5.11 Å². The van der Waals surface area contributed by atoms with E-state index in [4.69, 9.17) is 5.11 Å². The molecule has 6 heteroatoms. The van der Waals surface area contributed by atoms with E-state index in [0.29, 0.717) is 5.06 Å². The minimum atomic E-state index is -0.647. The van der Waals surface area contributed by atoms with E-state index in [2.05, 4.69) is 20.9 Å². The van der Waals surface area contributed by atoms with Crippen molar-refractivity contribution in [3.8, 4) is 0 Å². The van der Waals surface area contributed by atoms with Gasteiger partial charge >= 0.3 is 0 Å². The van der Waals surface area contributed by atoms with E-state index in [1.165, 1.54) is 0 Å². The molecule has 1 atom stereocenters. The van der Waals surface area contributed by atoms with Crippen LogP contribution in [0.3, 0.4) is 0 Å². The van der Waals surface area contributed by atoms with E-state index in [0.717, 1.165) is 10.0 Å². The van der Waals surface area contributed by atoms with Crippen molar-refractivity contribution in [3.63, 3.8) is 0 Å². The molecule has 0 saturated carbocycles. The number of benzene rings is 1. The van der Waals surface area contributed by atoms with Crippen molar-refractivity contribution >= 4 is 27.5 Å². The Kier molecular flexibility index (Phi) is 3.56. The SMILES string of the molecule is O=C1C(CO)=NCC(c2ccc(Br)cc2)N1O. The lowest BCUT2D eigenvalue weighted by Crippen LogP contribution is -2.43. The molecule has 17 heavy (non-hydrogen) atoms. The predicted molar refractivity (Wildman–Crippen MR) is 64.9 cm³/mol. The second-order valence-electron chi connectivity index (χ2n) is 3.66. The van der Waals surface area contributed by atoms with Crippen LogP contribution in [0.5, 0.6) is 0 Å². The van der Waals surface area contributed by atoms with Gasteiger partial charge in [0.05, 0.1) is 13.2 Å². The summed E-state index contributed by atoms with van der Waals surface area (Å²) in [5.41, 5.74) is 0.783. The van der Waals surface area contributed by atoms with Crippen molar-refractivity contribution in [1.29, 1.82) is 0 Å². The van der Waals surface area contributed by atoms with Crippen molar-refractivity contribution in [3.05, 3.63) is 34.3 Å². The average Bonchev–Trinajstić information content (AvgIpc) is 2.34. The van der Waals surface area contributed by atoms with Gasteiger partial charge in [-0.15, -0.1) is 0 Å². The minimum absolute atomic E-state index is 0.0131. The first-order chi connectivity index (χ1) is 8.13. The van der Waals surface area contributed by atoms with Gasteiger partial charge in [0, 0.05) is 4.47 Å². The molecular weight excluding hydrogens is 288 g/mol. The Morgan fingerprint density at radius 1 is 1.41 bits per heavy atom. The van der Waals surface area contributed by atoms with Gasteiger partial charge in [-0.2, -0.15) is 0 Å². The standard InChI is InChI=1S/C11H11BrN2O3/c12-8-3-1-7(2-4-8)10-5-13-9(6-15)11(16)14(10)17/h1-4,10,15,17H,5-6H2. The van der Waals surface area contributed by atoms with E-state index in [-0.39, 0.29) is 12.3 Å². The molecule has 0 aromatic heterocycles. The first kappa shape index (κ1) is 12.2. The number of nitrogens with zero attached hydrogens (tertiary/aromatic N) is 2. The van der Waals surface area contributed by atoms with Gasteiger partial charge in [-0.1, -0.05) is 28.1 Å². The smallest absolute Gasteiger partial charge is 0.294 e. The summed E-state index contributed by atoms with van der Waals surface area (Å²) in [5, 5.41) is 19.2. The fourth-order valence-electron chi connectivity index (χ4n) is 1.66. The second-order valence-corrected chi connectivity index (χ2v) is 4.58. The van der Waals surface area contributed by atoms with Gasteiger partial charge in [0.25, 0.3) is 5.91 Å². The molecule has 2 N–H and O–H groups in total. The quantitative estimate of drug-likeness (QED) is 0.805. The van der Waals surface area contributed by atoms with E-state index >= 15 is 0 Å². The molecule has 90 valence electrons. The topological polar surface area (TPSA) is 73.1 Å². The maximum atomic E-state index is 11.6. The third-order valence-electron chi connectivity index (χ3n) is 2.61.